The maximum atomic E-state index is 2.34. The summed E-state index contributed by atoms with van der Waals surface area (Å²) in [5.41, 5.74) is 10.5. The van der Waals surface area contributed by atoms with Gasteiger partial charge in [0.2, 0.25) is 0 Å². The van der Waals surface area contributed by atoms with Gasteiger partial charge in [-0.05, 0) is 51.6 Å². The summed E-state index contributed by atoms with van der Waals surface area (Å²) in [6.45, 7) is 4.68. The number of anilines is 2. The monoisotopic (exact) mass is 375 g/mol. The molecule has 0 amide bonds. The van der Waals surface area contributed by atoms with Crippen molar-refractivity contribution in [3.05, 3.63) is 108 Å². The Bertz CT molecular complexity index is 1170. The van der Waals surface area contributed by atoms with E-state index in [1.807, 2.05) is 0 Å². The molecule has 1 heteroatoms. The first-order valence-corrected chi connectivity index (χ1v) is 10.2. The Morgan fingerprint density at radius 3 is 1.97 bits per heavy atom. The number of rotatable bonds is 3. The minimum atomic E-state index is -0.0131. The van der Waals surface area contributed by atoms with Crippen LogP contribution >= 0.6 is 0 Å². The van der Waals surface area contributed by atoms with Gasteiger partial charge in [0.15, 0.2) is 0 Å². The fourth-order valence-electron chi connectivity index (χ4n) is 4.75. The van der Waals surface area contributed by atoms with E-state index in [1.54, 1.807) is 0 Å². The summed E-state index contributed by atoms with van der Waals surface area (Å²) in [5.74, 6) is 0. The molecule has 1 aliphatic rings. The van der Waals surface area contributed by atoms with Crippen molar-refractivity contribution in [2.75, 3.05) is 11.9 Å². The zero-order valence-corrected chi connectivity index (χ0v) is 17.2. The Morgan fingerprint density at radius 1 is 0.586 bits per heavy atom. The van der Waals surface area contributed by atoms with Crippen LogP contribution in [0.4, 0.5) is 11.4 Å². The van der Waals surface area contributed by atoms with E-state index in [0.29, 0.717) is 0 Å². The molecule has 0 aliphatic heterocycles. The second-order valence-corrected chi connectivity index (χ2v) is 8.34. The van der Waals surface area contributed by atoms with Crippen LogP contribution in [0.5, 0.6) is 0 Å². The van der Waals surface area contributed by atoms with Crippen molar-refractivity contribution < 1.29 is 0 Å². The minimum Gasteiger partial charge on any atom is -0.344 e. The highest BCUT2D eigenvalue weighted by Gasteiger charge is 2.37. The molecule has 0 N–H and O–H groups in total. The predicted octanol–water partition coefficient (Wildman–Crippen LogP) is 7.43. The number of fused-ring (bicyclic) bond motifs is 3. The van der Waals surface area contributed by atoms with Crippen LogP contribution in [0.1, 0.15) is 25.0 Å². The fraction of sp³-hybridized carbons (Fsp3) is 0.143. The molecule has 0 unspecified atom stereocenters. The number of nitrogens with zero attached hydrogens (tertiary/aromatic N) is 1. The van der Waals surface area contributed by atoms with Gasteiger partial charge in [0, 0.05) is 23.8 Å². The molecule has 0 fully saturated rings. The topological polar surface area (TPSA) is 3.24 Å². The van der Waals surface area contributed by atoms with Crippen LogP contribution < -0.4 is 4.90 Å². The van der Waals surface area contributed by atoms with Crippen molar-refractivity contribution in [1.82, 2.24) is 0 Å². The summed E-state index contributed by atoms with van der Waals surface area (Å²) in [4.78, 5) is 2.32. The quantitative estimate of drug-likeness (QED) is 0.360. The summed E-state index contributed by atoms with van der Waals surface area (Å²) in [7, 11) is 2.17. The third-order valence-electron chi connectivity index (χ3n) is 6.28. The Hall–Kier alpha value is -3.32. The lowest BCUT2D eigenvalue weighted by Crippen LogP contribution is -2.20. The number of hydrogen-bond acceptors (Lipinski definition) is 1. The lowest BCUT2D eigenvalue weighted by atomic mass is 9.81. The van der Waals surface area contributed by atoms with Crippen LogP contribution in [0.3, 0.4) is 0 Å². The number of hydrogen-bond donors (Lipinski definition) is 0. The van der Waals surface area contributed by atoms with Gasteiger partial charge in [-0.1, -0.05) is 92.7 Å². The van der Waals surface area contributed by atoms with E-state index < -0.39 is 0 Å². The van der Waals surface area contributed by atoms with Crippen LogP contribution in [-0.2, 0) is 5.41 Å². The SMILES string of the molecule is CN(c1ccc(-c2ccccc2)cc1)c1cccc2c1C(C)(C)c1ccccc1-2. The molecule has 0 saturated carbocycles. The Labute approximate surface area is 173 Å². The molecule has 29 heavy (non-hydrogen) atoms. The third kappa shape index (κ3) is 2.77. The van der Waals surface area contributed by atoms with Gasteiger partial charge in [-0.25, -0.2) is 0 Å². The predicted molar refractivity (Wildman–Crippen MR) is 124 cm³/mol. The maximum Gasteiger partial charge on any atom is 0.0455 e. The minimum absolute atomic E-state index is 0.0131. The Balaban J connectivity index is 1.57. The lowest BCUT2D eigenvalue weighted by molar-refractivity contribution is 0.660. The van der Waals surface area contributed by atoms with Crippen LogP contribution in [0, 0.1) is 0 Å². The highest BCUT2D eigenvalue weighted by Crippen LogP contribution is 2.52. The molecular formula is C28H25N. The maximum absolute atomic E-state index is 2.34. The van der Waals surface area contributed by atoms with Crippen LogP contribution in [-0.4, -0.2) is 7.05 Å². The van der Waals surface area contributed by atoms with E-state index in [2.05, 4.69) is 123 Å². The van der Waals surface area contributed by atoms with E-state index in [4.69, 9.17) is 0 Å². The van der Waals surface area contributed by atoms with Gasteiger partial charge >= 0.3 is 0 Å². The van der Waals surface area contributed by atoms with Crippen LogP contribution in [0.15, 0.2) is 97.1 Å². The van der Waals surface area contributed by atoms with Gasteiger partial charge in [-0.15, -0.1) is 0 Å². The van der Waals surface area contributed by atoms with Crippen LogP contribution in [0.2, 0.25) is 0 Å². The molecule has 0 spiro atoms. The van der Waals surface area contributed by atoms with Gasteiger partial charge in [0.25, 0.3) is 0 Å². The summed E-state index contributed by atoms with van der Waals surface area (Å²) in [5, 5.41) is 0. The second kappa shape index (κ2) is 6.63. The first-order chi connectivity index (χ1) is 14.1. The summed E-state index contributed by atoms with van der Waals surface area (Å²) in [6.07, 6.45) is 0. The van der Waals surface area contributed by atoms with E-state index in [1.165, 1.54) is 44.8 Å². The molecule has 0 bridgehead atoms. The van der Waals surface area contributed by atoms with Crippen molar-refractivity contribution in [1.29, 1.82) is 0 Å². The van der Waals surface area contributed by atoms with Gasteiger partial charge in [-0.2, -0.15) is 0 Å². The molecule has 0 heterocycles. The molecule has 0 saturated heterocycles. The van der Waals surface area contributed by atoms with Crippen molar-refractivity contribution >= 4 is 11.4 Å². The van der Waals surface area contributed by atoms with E-state index in [9.17, 15) is 0 Å². The van der Waals surface area contributed by atoms with Gasteiger partial charge < -0.3 is 4.90 Å². The second-order valence-electron chi connectivity index (χ2n) is 8.34. The zero-order chi connectivity index (χ0) is 20.0. The standard InChI is InChI=1S/C28H25N/c1-28(2)25-14-8-7-12-23(25)24-13-9-15-26(27(24)28)29(3)22-18-16-21(17-19-22)20-10-5-4-6-11-20/h4-19H,1-3H3. The molecule has 0 atom stereocenters. The molecule has 1 aliphatic carbocycles. The molecule has 1 nitrogen and oxygen atoms in total. The highest BCUT2D eigenvalue weighted by molar-refractivity contribution is 5.87. The fourth-order valence-corrected chi connectivity index (χ4v) is 4.75. The van der Waals surface area contributed by atoms with Crippen molar-refractivity contribution in [2.24, 2.45) is 0 Å². The summed E-state index contributed by atoms with van der Waals surface area (Å²) in [6, 6.07) is 34.9. The van der Waals surface area contributed by atoms with Gasteiger partial charge in [0.05, 0.1) is 0 Å². The average Bonchev–Trinajstić information content (AvgIpc) is 3.02. The normalized spacial score (nSPS) is 13.6. The number of benzene rings is 4. The Kier molecular flexibility index (Phi) is 4.06. The highest BCUT2D eigenvalue weighted by atomic mass is 15.1. The molecule has 0 aromatic heterocycles. The summed E-state index contributed by atoms with van der Waals surface area (Å²) < 4.78 is 0. The molecule has 5 rings (SSSR count). The average molecular weight is 376 g/mol. The third-order valence-corrected chi connectivity index (χ3v) is 6.28. The molecule has 142 valence electrons. The molecule has 4 aromatic rings. The largest absolute Gasteiger partial charge is 0.344 e. The van der Waals surface area contributed by atoms with Gasteiger partial charge in [-0.3, -0.25) is 0 Å². The van der Waals surface area contributed by atoms with Crippen molar-refractivity contribution in [2.45, 2.75) is 19.3 Å². The lowest BCUT2D eigenvalue weighted by Gasteiger charge is -2.29. The Morgan fingerprint density at radius 2 is 1.21 bits per heavy atom. The smallest absolute Gasteiger partial charge is 0.0455 e. The molecule has 4 aromatic carbocycles. The first-order valence-electron chi connectivity index (χ1n) is 10.2. The summed E-state index contributed by atoms with van der Waals surface area (Å²) >= 11 is 0. The van der Waals surface area contributed by atoms with Crippen molar-refractivity contribution in [3.8, 4) is 22.3 Å². The van der Waals surface area contributed by atoms with Gasteiger partial charge in [0.1, 0.15) is 0 Å². The molecule has 0 radical (unpaired) electrons. The zero-order valence-electron chi connectivity index (χ0n) is 17.2. The van der Waals surface area contributed by atoms with Crippen LogP contribution in [0.25, 0.3) is 22.3 Å². The van der Waals surface area contributed by atoms with E-state index in [0.717, 1.165) is 0 Å². The molecular weight excluding hydrogens is 350 g/mol. The van der Waals surface area contributed by atoms with Crippen molar-refractivity contribution in [3.63, 3.8) is 0 Å². The van der Waals surface area contributed by atoms with E-state index in [-0.39, 0.29) is 5.41 Å². The first kappa shape index (κ1) is 17.8. The van der Waals surface area contributed by atoms with E-state index >= 15 is 0 Å².